The molecule has 0 bridgehead atoms. The number of hydrogen-bond donors (Lipinski definition) is 1. The maximum absolute atomic E-state index is 11.5. The van der Waals surface area contributed by atoms with Crippen LogP contribution < -0.4 is 5.32 Å². The van der Waals surface area contributed by atoms with Crippen molar-refractivity contribution < 1.29 is 9.53 Å². The van der Waals surface area contributed by atoms with E-state index in [9.17, 15) is 4.79 Å². The topological polar surface area (TPSA) is 51.2 Å². The standard InChI is InChI=1S/C11H13ClN2O2/c1-16-11(15)8-4-5-9(12)14-10(8)13-6-7-2-3-7/h4-5,7H,2-3,6H2,1H3,(H,13,14). The SMILES string of the molecule is COC(=O)c1ccc(Cl)nc1NCC1CC1. The van der Waals surface area contributed by atoms with Gasteiger partial charge < -0.3 is 10.1 Å². The zero-order chi connectivity index (χ0) is 11.5. The van der Waals surface area contributed by atoms with E-state index in [1.807, 2.05) is 0 Å². The number of ether oxygens (including phenoxy) is 1. The summed E-state index contributed by atoms with van der Waals surface area (Å²) < 4.78 is 4.68. The van der Waals surface area contributed by atoms with Crippen LogP contribution in [0.4, 0.5) is 5.82 Å². The van der Waals surface area contributed by atoms with Gasteiger partial charge in [0, 0.05) is 6.54 Å². The van der Waals surface area contributed by atoms with E-state index >= 15 is 0 Å². The van der Waals surface area contributed by atoms with Gasteiger partial charge in [0.25, 0.3) is 0 Å². The molecule has 1 aromatic heterocycles. The van der Waals surface area contributed by atoms with Gasteiger partial charge in [-0.05, 0) is 30.9 Å². The van der Waals surface area contributed by atoms with Gasteiger partial charge in [-0.3, -0.25) is 0 Å². The number of nitrogens with zero attached hydrogens (tertiary/aromatic N) is 1. The lowest BCUT2D eigenvalue weighted by atomic mass is 10.2. The Morgan fingerprint density at radius 2 is 2.38 bits per heavy atom. The molecule has 4 nitrogen and oxygen atoms in total. The van der Waals surface area contributed by atoms with E-state index in [0.29, 0.717) is 22.5 Å². The third-order valence-electron chi connectivity index (χ3n) is 2.52. The smallest absolute Gasteiger partial charge is 0.341 e. The number of methoxy groups -OCH3 is 1. The Balaban J connectivity index is 2.16. The summed E-state index contributed by atoms with van der Waals surface area (Å²) in [6, 6.07) is 3.20. The van der Waals surface area contributed by atoms with Gasteiger partial charge in [0.15, 0.2) is 0 Å². The lowest BCUT2D eigenvalue weighted by Crippen LogP contribution is -2.11. The summed E-state index contributed by atoms with van der Waals surface area (Å²) in [6.45, 7) is 0.831. The minimum Gasteiger partial charge on any atom is -0.465 e. The summed E-state index contributed by atoms with van der Waals surface area (Å²) in [6.07, 6.45) is 2.47. The summed E-state index contributed by atoms with van der Waals surface area (Å²) in [5.41, 5.74) is 0.424. The fraction of sp³-hybridized carbons (Fsp3) is 0.455. The Kier molecular flexibility index (Phi) is 3.29. The van der Waals surface area contributed by atoms with Crippen molar-refractivity contribution in [3.05, 3.63) is 22.8 Å². The van der Waals surface area contributed by atoms with E-state index in [0.717, 1.165) is 6.54 Å². The summed E-state index contributed by atoms with van der Waals surface area (Å²) >= 11 is 5.79. The van der Waals surface area contributed by atoms with Crippen molar-refractivity contribution in [2.24, 2.45) is 5.92 Å². The molecule has 1 aliphatic rings. The Morgan fingerprint density at radius 1 is 1.62 bits per heavy atom. The number of pyridine rings is 1. The monoisotopic (exact) mass is 240 g/mol. The second-order valence-electron chi connectivity index (χ2n) is 3.85. The average molecular weight is 241 g/mol. The highest BCUT2D eigenvalue weighted by molar-refractivity contribution is 6.29. The molecule has 16 heavy (non-hydrogen) atoms. The Labute approximate surface area is 99.0 Å². The third kappa shape index (κ3) is 2.64. The van der Waals surface area contributed by atoms with Gasteiger partial charge in [0.05, 0.1) is 7.11 Å². The first-order valence-corrected chi connectivity index (χ1v) is 5.57. The molecule has 0 radical (unpaired) electrons. The van der Waals surface area contributed by atoms with E-state index < -0.39 is 5.97 Å². The van der Waals surface area contributed by atoms with Crippen LogP contribution in [0.15, 0.2) is 12.1 Å². The number of nitrogens with one attached hydrogen (secondary N) is 1. The maximum Gasteiger partial charge on any atom is 0.341 e. The molecule has 5 heteroatoms. The van der Waals surface area contributed by atoms with E-state index in [4.69, 9.17) is 11.6 Å². The third-order valence-corrected chi connectivity index (χ3v) is 2.73. The summed E-state index contributed by atoms with van der Waals surface area (Å²) in [5.74, 6) is 0.806. The predicted octanol–water partition coefficient (Wildman–Crippen LogP) is 2.34. The largest absolute Gasteiger partial charge is 0.465 e. The summed E-state index contributed by atoms with van der Waals surface area (Å²) in [5, 5.41) is 3.50. The number of halogens is 1. The van der Waals surface area contributed by atoms with Crippen molar-refractivity contribution in [2.75, 3.05) is 19.0 Å². The first-order chi connectivity index (χ1) is 7.70. The molecule has 1 heterocycles. The number of carbonyl (C=O) groups is 1. The van der Waals surface area contributed by atoms with E-state index in [-0.39, 0.29) is 0 Å². The van der Waals surface area contributed by atoms with Crippen LogP contribution >= 0.6 is 11.6 Å². The van der Waals surface area contributed by atoms with Crippen molar-refractivity contribution in [3.8, 4) is 0 Å². The Morgan fingerprint density at radius 3 is 3.00 bits per heavy atom. The molecule has 1 fully saturated rings. The van der Waals surface area contributed by atoms with Gasteiger partial charge >= 0.3 is 5.97 Å². The summed E-state index contributed by atoms with van der Waals surface area (Å²) in [7, 11) is 1.35. The molecule has 86 valence electrons. The van der Waals surface area contributed by atoms with Crippen LogP contribution in [0.1, 0.15) is 23.2 Å². The van der Waals surface area contributed by atoms with Crippen molar-refractivity contribution in [2.45, 2.75) is 12.8 Å². The fourth-order valence-corrected chi connectivity index (χ4v) is 1.56. The highest BCUT2D eigenvalue weighted by Crippen LogP contribution is 2.29. The molecule has 1 N–H and O–H groups in total. The molecule has 2 rings (SSSR count). The predicted molar refractivity (Wildman–Crippen MR) is 61.8 cm³/mol. The van der Waals surface area contributed by atoms with Crippen molar-refractivity contribution in [1.29, 1.82) is 0 Å². The number of rotatable bonds is 4. The van der Waals surface area contributed by atoms with Crippen molar-refractivity contribution in [3.63, 3.8) is 0 Å². The van der Waals surface area contributed by atoms with Crippen LogP contribution in [-0.4, -0.2) is 24.6 Å². The van der Waals surface area contributed by atoms with Gasteiger partial charge in [-0.2, -0.15) is 0 Å². The molecule has 1 saturated carbocycles. The number of carbonyl (C=O) groups excluding carboxylic acids is 1. The molecule has 0 amide bonds. The van der Waals surface area contributed by atoms with E-state index in [1.165, 1.54) is 20.0 Å². The molecular formula is C11H13ClN2O2. The van der Waals surface area contributed by atoms with Gasteiger partial charge in [0.1, 0.15) is 16.5 Å². The van der Waals surface area contributed by atoms with Gasteiger partial charge in [-0.15, -0.1) is 0 Å². The maximum atomic E-state index is 11.5. The first kappa shape index (κ1) is 11.2. The van der Waals surface area contributed by atoms with Crippen LogP contribution in [-0.2, 0) is 4.74 Å². The van der Waals surface area contributed by atoms with Gasteiger partial charge in [-0.1, -0.05) is 11.6 Å². The molecule has 1 aliphatic carbocycles. The Bertz CT molecular complexity index is 405. The normalized spacial score (nSPS) is 14.6. The fourth-order valence-electron chi connectivity index (χ4n) is 1.41. The molecule has 0 spiro atoms. The van der Waals surface area contributed by atoms with Crippen molar-refractivity contribution >= 4 is 23.4 Å². The summed E-state index contributed by atoms with van der Waals surface area (Å²) in [4.78, 5) is 15.6. The number of hydrogen-bond acceptors (Lipinski definition) is 4. The Hall–Kier alpha value is -1.29. The average Bonchev–Trinajstić information content (AvgIpc) is 3.09. The van der Waals surface area contributed by atoms with Crippen molar-refractivity contribution in [1.82, 2.24) is 4.98 Å². The second-order valence-corrected chi connectivity index (χ2v) is 4.23. The minimum atomic E-state index is -0.400. The quantitative estimate of drug-likeness (QED) is 0.648. The lowest BCUT2D eigenvalue weighted by molar-refractivity contribution is 0.0601. The number of esters is 1. The van der Waals surface area contributed by atoms with E-state index in [1.54, 1.807) is 12.1 Å². The highest BCUT2D eigenvalue weighted by Gasteiger charge is 2.22. The van der Waals surface area contributed by atoms with E-state index in [2.05, 4.69) is 15.0 Å². The second kappa shape index (κ2) is 4.70. The van der Waals surface area contributed by atoms with Crippen LogP contribution in [0.5, 0.6) is 0 Å². The molecular weight excluding hydrogens is 228 g/mol. The zero-order valence-electron chi connectivity index (χ0n) is 9.00. The van der Waals surface area contributed by atoms with Crippen LogP contribution in [0.3, 0.4) is 0 Å². The van der Waals surface area contributed by atoms with Crippen LogP contribution in [0, 0.1) is 5.92 Å². The molecule has 0 atom stereocenters. The molecule has 0 saturated heterocycles. The molecule has 0 aliphatic heterocycles. The highest BCUT2D eigenvalue weighted by atomic mass is 35.5. The van der Waals surface area contributed by atoms with Crippen LogP contribution in [0.2, 0.25) is 5.15 Å². The van der Waals surface area contributed by atoms with Gasteiger partial charge in [0.2, 0.25) is 0 Å². The van der Waals surface area contributed by atoms with Gasteiger partial charge in [-0.25, -0.2) is 9.78 Å². The number of aromatic nitrogens is 1. The van der Waals surface area contributed by atoms with Crippen LogP contribution in [0.25, 0.3) is 0 Å². The molecule has 0 unspecified atom stereocenters. The first-order valence-electron chi connectivity index (χ1n) is 5.19. The zero-order valence-corrected chi connectivity index (χ0v) is 9.75. The number of anilines is 1. The minimum absolute atomic E-state index is 0.367. The molecule has 1 aromatic rings. The lowest BCUT2D eigenvalue weighted by Gasteiger charge is -2.09. The molecule has 0 aromatic carbocycles.